The third-order valence-corrected chi connectivity index (χ3v) is 5.03. The average molecular weight is 335 g/mol. The molecule has 0 atom stereocenters. The van der Waals surface area contributed by atoms with Gasteiger partial charge in [-0.05, 0) is 0 Å². The summed E-state index contributed by atoms with van der Waals surface area (Å²) in [5, 5.41) is 0. The van der Waals surface area contributed by atoms with Crippen molar-refractivity contribution >= 4 is 29.7 Å². The molecule has 0 spiro atoms. The number of Topliss-reactive ketones (excluding diaryl/α,β-unsaturated/α-hetero) is 1. The van der Waals surface area contributed by atoms with Crippen LogP contribution >= 0.6 is 0 Å². The molecular weight excluding hydrogens is 319 g/mol. The molecule has 104 valence electrons. The predicted molar refractivity (Wildman–Crippen MR) is 81.0 cm³/mol. The Bertz CT molecular complexity index is 609. The van der Waals surface area contributed by atoms with Crippen molar-refractivity contribution < 1.29 is 14.3 Å². The van der Waals surface area contributed by atoms with Crippen LogP contribution in [0.3, 0.4) is 0 Å². The number of ketones is 1. The van der Waals surface area contributed by atoms with Crippen LogP contribution in [0.4, 0.5) is 0 Å². The Labute approximate surface area is 125 Å². The predicted octanol–water partition coefficient (Wildman–Crippen LogP) is 1.56. The van der Waals surface area contributed by atoms with E-state index in [-0.39, 0.29) is 20.7 Å². The van der Waals surface area contributed by atoms with Crippen LogP contribution in [-0.4, -0.2) is 35.0 Å². The summed E-state index contributed by atoms with van der Waals surface area (Å²) in [7, 11) is 3.19. The van der Waals surface area contributed by atoms with Gasteiger partial charge in [0.05, 0.1) is 0 Å². The number of benzene rings is 2. The minimum absolute atomic E-state index is 0.00499. The molecule has 2 aromatic rings. The number of hydrogen-bond donors (Lipinski definition) is 0. The second-order valence-electron chi connectivity index (χ2n) is 4.17. The number of carbonyl (C=O) groups excluding carboxylic acids is 1. The zero-order chi connectivity index (χ0) is 14.5. The third-order valence-electron chi connectivity index (χ3n) is 2.84. The maximum atomic E-state index is 11.7. The van der Waals surface area contributed by atoms with Gasteiger partial charge in [0.1, 0.15) is 0 Å². The van der Waals surface area contributed by atoms with E-state index in [2.05, 4.69) is 12.1 Å². The van der Waals surface area contributed by atoms with Gasteiger partial charge < -0.3 is 0 Å². The second kappa shape index (κ2) is 6.60. The van der Waals surface area contributed by atoms with E-state index in [0.717, 1.165) is 10.2 Å². The van der Waals surface area contributed by atoms with Gasteiger partial charge in [0.15, 0.2) is 0 Å². The summed E-state index contributed by atoms with van der Waals surface area (Å²) in [5.74, 6) is 1.31. The molecule has 0 aliphatic rings. The molecule has 2 aromatic carbocycles. The van der Waals surface area contributed by atoms with Crippen molar-refractivity contribution in [3.63, 3.8) is 0 Å². The van der Waals surface area contributed by atoms with E-state index >= 15 is 0 Å². The Morgan fingerprint density at radius 3 is 2.20 bits per heavy atom. The number of methoxy groups -OCH3 is 2. The van der Waals surface area contributed by atoms with Crippen LogP contribution in [0.25, 0.3) is 0 Å². The third kappa shape index (κ3) is 3.21. The van der Waals surface area contributed by atoms with E-state index in [1.54, 1.807) is 27.2 Å². The fourth-order valence-electron chi connectivity index (χ4n) is 1.84. The molecular formula is C16H16O3Se. The molecule has 0 saturated carbocycles. The van der Waals surface area contributed by atoms with Gasteiger partial charge in [-0.15, -0.1) is 0 Å². The van der Waals surface area contributed by atoms with Crippen molar-refractivity contribution in [3.05, 3.63) is 48.0 Å². The SMILES string of the molecule is COc1cc(OC)c(C(C)=O)cc1[Se]c1ccccc1. The molecule has 0 unspecified atom stereocenters. The molecule has 3 nitrogen and oxygen atoms in total. The summed E-state index contributed by atoms with van der Waals surface area (Å²) < 4.78 is 13.0. The van der Waals surface area contributed by atoms with E-state index in [1.165, 1.54) is 4.46 Å². The number of carbonyl (C=O) groups is 1. The van der Waals surface area contributed by atoms with Gasteiger partial charge in [-0.1, -0.05) is 0 Å². The molecule has 0 heterocycles. The van der Waals surface area contributed by atoms with Crippen molar-refractivity contribution in [2.75, 3.05) is 14.2 Å². The van der Waals surface area contributed by atoms with Crippen LogP contribution < -0.4 is 18.4 Å². The van der Waals surface area contributed by atoms with Gasteiger partial charge in [-0.2, -0.15) is 0 Å². The van der Waals surface area contributed by atoms with Crippen molar-refractivity contribution in [1.29, 1.82) is 0 Å². The number of rotatable bonds is 5. The van der Waals surface area contributed by atoms with Gasteiger partial charge in [0, 0.05) is 0 Å². The Hall–Kier alpha value is -1.77. The molecule has 0 radical (unpaired) electrons. The van der Waals surface area contributed by atoms with E-state index in [9.17, 15) is 4.79 Å². The van der Waals surface area contributed by atoms with Crippen LogP contribution in [0, 0.1) is 0 Å². The molecule has 0 amide bonds. The van der Waals surface area contributed by atoms with Crippen LogP contribution in [0.2, 0.25) is 0 Å². The Morgan fingerprint density at radius 2 is 1.65 bits per heavy atom. The minimum atomic E-state index is -0.00499. The normalized spacial score (nSPS) is 10.2. The molecule has 0 aliphatic heterocycles. The maximum absolute atomic E-state index is 11.7. The van der Waals surface area contributed by atoms with E-state index in [1.807, 2.05) is 24.3 Å². The number of hydrogen-bond acceptors (Lipinski definition) is 3. The zero-order valence-corrected chi connectivity index (χ0v) is 13.4. The molecule has 0 aliphatic carbocycles. The standard InChI is InChI=1S/C16H16O3Se/c1-11(17)13-9-16(15(19-3)10-14(13)18-2)20-12-7-5-4-6-8-12/h4-10H,1-3H3. The fraction of sp³-hybridized carbons (Fsp3) is 0.188. The van der Waals surface area contributed by atoms with Gasteiger partial charge in [0.25, 0.3) is 0 Å². The molecule has 4 heteroatoms. The van der Waals surface area contributed by atoms with Crippen LogP contribution in [0.5, 0.6) is 11.5 Å². The summed E-state index contributed by atoms with van der Waals surface area (Å²) in [6.07, 6.45) is 0. The van der Waals surface area contributed by atoms with Crippen LogP contribution in [0.1, 0.15) is 17.3 Å². The summed E-state index contributed by atoms with van der Waals surface area (Å²) in [6, 6.07) is 13.8. The van der Waals surface area contributed by atoms with Crippen molar-refractivity contribution in [2.24, 2.45) is 0 Å². The Kier molecular flexibility index (Phi) is 4.83. The summed E-state index contributed by atoms with van der Waals surface area (Å²) in [4.78, 5) is 11.7. The van der Waals surface area contributed by atoms with Crippen molar-refractivity contribution in [3.8, 4) is 11.5 Å². The molecule has 0 saturated heterocycles. The quantitative estimate of drug-likeness (QED) is 0.615. The van der Waals surface area contributed by atoms with Crippen LogP contribution in [0.15, 0.2) is 42.5 Å². The monoisotopic (exact) mass is 336 g/mol. The molecule has 2 rings (SSSR count). The van der Waals surface area contributed by atoms with Crippen molar-refractivity contribution in [2.45, 2.75) is 6.92 Å². The van der Waals surface area contributed by atoms with Gasteiger partial charge in [-0.25, -0.2) is 0 Å². The Morgan fingerprint density at radius 1 is 1.00 bits per heavy atom. The Balaban J connectivity index is 2.45. The second-order valence-corrected chi connectivity index (χ2v) is 6.51. The molecule has 0 bridgehead atoms. The van der Waals surface area contributed by atoms with Gasteiger partial charge >= 0.3 is 125 Å². The fourth-order valence-corrected chi connectivity index (χ4v) is 3.87. The first-order chi connectivity index (χ1) is 9.65. The molecule has 0 aromatic heterocycles. The summed E-state index contributed by atoms with van der Waals surface area (Å²) >= 11 is 0.0864. The molecule has 0 N–H and O–H groups in total. The van der Waals surface area contributed by atoms with Gasteiger partial charge in [0.2, 0.25) is 0 Å². The summed E-state index contributed by atoms with van der Waals surface area (Å²) in [5.41, 5.74) is 0.598. The molecule has 0 fully saturated rings. The topological polar surface area (TPSA) is 35.5 Å². The first-order valence-corrected chi connectivity index (χ1v) is 7.87. The average Bonchev–Trinajstić information content (AvgIpc) is 2.47. The van der Waals surface area contributed by atoms with E-state index in [0.29, 0.717) is 11.3 Å². The first-order valence-electron chi connectivity index (χ1n) is 6.15. The first kappa shape index (κ1) is 14.6. The summed E-state index contributed by atoms with van der Waals surface area (Å²) in [6.45, 7) is 1.55. The van der Waals surface area contributed by atoms with E-state index in [4.69, 9.17) is 9.47 Å². The van der Waals surface area contributed by atoms with Crippen LogP contribution in [-0.2, 0) is 0 Å². The van der Waals surface area contributed by atoms with E-state index < -0.39 is 0 Å². The number of ether oxygens (including phenoxy) is 2. The molecule has 20 heavy (non-hydrogen) atoms. The van der Waals surface area contributed by atoms with Gasteiger partial charge in [-0.3, -0.25) is 0 Å². The zero-order valence-electron chi connectivity index (χ0n) is 11.7. The van der Waals surface area contributed by atoms with Crippen molar-refractivity contribution in [1.82, 2.24) is 0 Å².